The van der Waals surface area contributed by atoms with Crippen LogP contribution in [0, 0.1) is 0 Å². The fourth-order valence-corrected chi connectivity index (χ4v) is 3.84. The summed E-state index contributed by atoms with van der Waals surface area (Å²) in [6.45, 7) is 2.03. The number of methoxy groups -OCH3 is 1. The first kappa shape index (κ1) is 22.4. The third-order valence-electron chi connectivity index (χ3n) is 5.08. The number of aryl methyl sites for hydroxylation is 1. The van der Waals surface area contributed by atoms with Crippen LogP contribution in [-0.4, -0.2) is 39.2 Å². The maximum atomic E-state index is 12.6. The Bertz CT molecular complexity index is 1250. The molecule has 0 aliphatic rings. The Balaban J connectivity index is 1.54. The number of nitrogens with two attached hydrogens (primary N) is 1. The van der Waals surface area contributed by atoms with E-state index in [1.807, 2.05) is 54.8 Å². The summed E-state index contributed by atoms with van der Waals surface area (Å²) in [4.78, 5) is 17.1. The largest absolute Gasteiger partial charge is 0.497 e. The molecule has 0 saturated carbocycles. The Hall–Kier alpha value is -3.79. The summed E-state index contributed by atoms with van der Waals surface area (Å²) in [6.07, 6.45) is 2.81. The minimum absolute atomic E-state index is 0.0472. The molecule has 0 fully saturated rings. The normalized spacial score (nSPS) is 10.9. The van der Waals surface area contributed by atoms with Crippen LogP contribution in [0.2, 0.25) is 0 Å². The SMILES string of the molecule is CCc1ccc(NC(=O)Cn2nc(SC)c(-c3nc(-c4ccc(OC)cc4)no3)c2N)cc1. The van der Waals surface area contributed by atoms with Gasteiger partial charge in [-0.15, -0.1) is 11.8 Å². The number of thioether (sulfide) groups is 1. The van der Waals surface area contributed by atoms with Crippen molar-refractivity contribution in [2.24, 2.45) is 0 Å². The molecule has 0 aliphatic heterocycles. The highest BCUT2D eigenvalue weighted by molar-refractivity contribution is 7.98. The molecule has 1 amide bonds. The molecule has 33 heavy (non-hydrogen) atoms. The zero-order chi connectivity index (χ0) is 23.4. The molecule has 0 aliphatic carbocycles. The lowest BCUT2D eigenvalue weighted by atomic mass is 10.1. The number of aromatic nitrogens is 4. The summed E-state index contributed by atoms with van der Waals surface area (Å²) >= 11 is 1.38. The number of amides is 1. The van der Waals surface area contributed by atoms with E-state index in [9.17, 15) is 4.79 Å². The summed E-state index contributed by atoms with van der Waals surface area (Å²) < 4.78 is 12.1. The number of hydrogen-bond acceptors (Lipinski definition) is 8. The van der Waals surface area contributed by atoms with Crippen LogP contribution in [0.15, 0.2) is 58.1 Å². The lowest BCUT2D eigenvalue weighted by molar-refractivity contribution is -0.116. The van der Waals surface area contributed by atoms with Gasteiger partial charge in [0.15, 0.2) is 0 Å². The smallest absolute Gasteiger partial charge is 0.264 e. The molecule has 0 saturated heterocycles. The Labute approximate surface area is 195 Å². The van der Waals surface area contributed by atoms with Crippen LogP contribution in [0.25, 0.3) is 22.8 Å². The van der Waals surface area contributed by atoms with Crippen LogP contribution in [-0.2, 0) is 17.8 Å². The molecular formula is C23H24N6O3S. The lowest BCUT2D eigenvalue weighted by Gasteiger charge is -2.07. The molecule has 4 aromatic rings. The van der Waals surface area contributed by atoms with E-state index in [4.69, 9.17) is 15.0 Å². The van der Waals surface area contributed by atoms with Crippen molar-refractivity contribution >= 4 is 29.2 Å². The average Bonchev–Trinajstić information content (AvgIpc) is 3.44. The van der Waals surface area contributed by atoms with E-state index in [0.717, 1.165) is 17.7 Å². The van der Waals surface area contributed by atoms with Crippen molar-refractivity contribution in [3.63, 3.8) is 0 Å². The zero-order valence-electron chi connectivity index (χ0n) is 18.5. The molecule has 9 nitrogen and oxygen atoms in total. The van der Waals surface area contributed by atoms with E-state index < -0.39 is 0 Å². The second kappa shape index (κ2) is 9.78. The van der Waals surface area contributed by atoms with Gasteiger partial charge < -0.3 is 20.3 Å². The number of carbonyl (C=O) groups excluding carboxylic acids is 1. The summed E-state index contributed by atoms with van der Waals surface area (Å²) in [6, 6.07) is 15.0. The van der Waals surface area contributed by atoms with Gasteiger partial charge in [-0.05, 0) is 54.6 Å². The molecule has 0 unspecified atom stereocenters. The fourth-order valence-electron chi connectivity index (χ4n) is 3.26. The fraction of sp³-hybridized carbons (Fsp3) is 0.217. The number of anilines is 2. The maximum absolute atomic E-state index is 12.6. The van der Waals surface area contributed by atoms with E-state index in [1.165, 1.54) is 22.0 Å². The van der Waals surface area contributed by atoms with Crippen LogP contribution in [0.1, 0.15) is 12.5 Å². The molecule has 2 aromatic heterocycles. The van der Waals surface area contributed by atoms with Crippen molar-refractivity contribution < 1.29 is 14.1 Å². The average molecular weight is 465 g/mol. The van der Waals surface area contributed by atoms with Crippen molar-refractivity contribution in [3.8, 4) is 28.6 Å². The van der Waals surface area contributed by atoms with Gasteiger partial charge in [-0.25, -0.2) is 4.68 Å². The van der Waals surface area contributed by atoms with Gasteiger partial charge in [0, 0.05) is 11.3 Å². The van der Waals surface area contributed by atoms with Crippen molar-refractivity contribution in [1.29, 1.82) is 0 Å². The van der Waals surface area contributed by atoms with Crippen LogP contribution in [0.4, 0.5) is 11.5 Å². The minimum Gasteiger partial charge on any atom is -0.497 e. The Morgan fingerprint density at radius 2 is 1.91 bits per heavy atom. The van der Waals surface area contributed by atoms with Crippen LogP contribution >= 0.6 is 11.8 Å². The predicted octanol–water partition coefficient (Wildman–Crippen LogP) is 4.11. The first-order valence-electron chi connectivity index (χ1n) is 10.3. The Kier molecular flexibility index (Phi) is 6.64. The third-order valence-corrected chi connectivity index (χ3v) is 5.75. The standard InChI is InChI=1S/C23H24N6O3S/c1-4-14-5-9-16(10-6-14)25-18(30)13-29-20(24)19(23(27-29)33-3)22-26-21(28-32-22)15-7-11-17(31-2)12-8-15/h5-12H,4,13,24H2,1-3H3,(H,25,30). The molecule has 2 heterocycles. The highest BCUT2D eigenvalue weighted by Gasteiger charge is 2.23. The molecule has 0 atom stereocenters. The molecule has 0 radical (unpaired) electrons. The first-order chi connectivity index (χ1) is 16.0. The summed E-state index contributed by atoms with van der Waals surface area (Å²) in [5.41, 5.74) is 9.54. The van der Waals surface area contributed by atoms with Crippen molar-refractivity contribution in [1.82, 2.24) is 19.9 Å². The van der Waals surface area contributed by atoms with Crippen LogP contribution < -0.4 is 15.8 Å². The van der Waals surface area contributed by atoms with Gasteiger partial charge in [-0.3, -0.25) is 4.79 Å². The number of hydrogen-bond donors (Lipinski definition) is 2. The number of benzene rings is 2. The van der Waals surface area contributed by atoms with E-state index in [2.05, 4.69) is 27.5 Å². The molecule has 170 valence electrons. The topological polar surface area (TPSA) is 121 Å². The Morgan fingerprint density at radius 1 is 1.18 bits per heavy atom. The lowest BCUT2D eigenvalue weighted by Crippen LogP contribution is -2.20. The maximum Gasteiger partial charge on any atom is 0.264 e. The quantitative estimate of drug-likeness (QED) is 0.374. The van der Waals surface area contributed by atoms with Gasteiger partial charge in [0.25, 0.3) is 5.89 Å². The van der Waals surface area contributed by atoms with E-state index in [0.29, 0.717) is 22.1 Å². The molecule has 2 aromatic carbocycles. The highest BCUT2D eigenvalue weighted by atomic mass is 32.2. The second-order valence-corrected chi connectivity index (χ2v) is 7.97. The number of ether oxygens (including phenoxy) is 1. The van der Waals surface area contributed by atoms with Crippen molar-refractivity contribution in [2.45, 2.75) is 24.9 Å². The summed E-state index contributed by atoms with van der Waals surface area (Å²) in [5.74, 6) is 1.43. The van der Waals surface area contributed by atoms with Crippen LogP contribution in [0.5, 0.6) is 5.75 Å². The van der Waals surface area contributed by atoms with Gasteiger partial charge in [0.05, 0.1) is 7.11 Å². The third kappa shape index (κ3) is 4.85. The number of nitrogen functional groups attached to an aromatic ring is 1. The zero-order valence-corrected chi connectivity index (χ0v) is 19.3. The second-order valence-electron chi connectivity index (χ2n) is 7.18. The first-order valence-corrected chi connectivity index (χ1v) is 11.5. The Morgan fingerprint density at radius 3 is 2.55 bits per heavy atom. The highest BCUT2D eigenvalue weighted by Crippen LogP contribution is 2.35. The van der Waals surface area contributed by atoms with Gasteiger partial charge in [0.1, 0.15) is 28.7 Å². The molecule has 0 spiro atoms. The predicted molar refractivity (Wildman–Crippen MR) is 128 cm³/mol. The monoisotopic (exact) mass is 464 g/mol. The molecule has 4 rings (SSSR count). The number of nitrogens with one attached hydrogen (secondary N) is 1. The van der Waals surface area contributed by atoms with Gasteiger partial charge >= 0.3 is 0 Å². The van der Waals surface area contributed by atoms with Gasteiger partial charge in [-0.1, -0.05) is 24.2 Å². The van der Waals surface area contributed by atoms with Crippen molar-refractivity contribution in [2.75, 3.05) is 24.4 Å². The van der Waals surface area contributed by atoms with E-state index in [1.54, 1.807) is 7.11 Å². The number of nitrogens with zero attached hydrogens (tertiary/aromatic N) is 4. The number of rotatable bonds is 8. The summed E-state index contributed by atoms with van der Waals surface area (Å²) in [5, 5.41) is 12.0. The van der Waals surface area contributed by atoms with Gasteiger partial charge in [-0.2, -0.15) is 10.1 Å². The molecule has 0 bridgehead atoms. The van der Waals surface area contributed by atoms with Crippen LogP contribution in [0.3, 0.4) is 0 Å². The molecular weight excluding hydrogens is 440 g/mol. The van der Waals surface area contributed by atoms with E-state index >= 15 is 0 Å². The van der Waals surface area contributed by atoms with E-state index in [-0.39, 0.29) is 24.2 Å². The molecule has 3 N–H and O–H groups in total. The number of carbonyl (C=O) groups is 1. The molecule has 10 heteroatoms. The van der Waals surface area contributed by atoms with Gasteiger partial charge in [0.2, 0.25) is 11.7 Å². The minimum atomic E-state index is -0.239. The van der Waals surface area contributed by atoms with Crippen molar-refractivity contribution in [3.05, 3.63) is 54.1 Å². The summed E-state index contributed by atoms with van der Waals surface area (Å²) in [7, 11) is 1.61.